The molecular formula is C19H26N2O. The molecule has 1 aromatic carbocycles. The second-order valence-corrected chi connectivity index (χ2v) is 7.55. The van der Waals surface area contributed by atoms with Crippen molar-refractivity contribution in [1.82, 2.24) is 5.32 Å². The maximum absolute atomic E-state index is 12.4. The summed E-state index contributed by atoms with van der Waals surface area (Å²) in [5.74, 6) is 3.63. The third kappa shape index (κ3) is 2.45. The van der Waals surface area contributed by atoms with E-state index in [1.165, 1.54) is 32.1 Å². The fraction of sp³-hybridized carbons (Fsp3) is 0.632. The maximum Gasteiger partial charge on any atom is 0.222 e. The molecular weight excluding hydrogens is 272 g/mol. The number of amides is 1. The molecule has 6 unspecified atom stereocenters. The number of nitrogens with one attached hydrogen (secondary N) is 1. The van der Waals surface area contributed by atoms with E-state index in [9.17, 15) is 4.79 Å². The van der Waals surface area contributed by atoms with Crippen molar-refractivity contribution >= 4 is 5.91 Å². The summed E-state index contributed by atoms with van der Waals surface area (Å²) in [6, 6.07) is 10.1. The van der Waals surface area contributed by atoms with Crippen LogP contribution in [0.5, 0.6) is 0 Å². The highest BCUT2D eigenvalue weighted by Gasteiger charge is 2.53. The smallest absolute Gasteiger partial charge is 0.222 e. The van der Waals surface area contributed by atoms with Gasteiger partial charge in [0.25, 0.3) is 0 Å². The van der Waals surface area contributed by atoms with Crippen molar-refractivity contribution in [2.24, 2.45) is 29.4 Å². The molecule has 0 heterocycles. The van der Waals surface area contributed by atoms with E-state index < -0.39 is 0 Å². The third-order valence-corrected chi connectivity index (χ3v) is 6.41. The predicted molar refractivity (Wildman–Crippen MR) is 87.0 cm³/mol. The van der Waals surface area contributed by atoms with E-state index in [1.54, 1.807) is 0 Å². The fourth-order valence-electron chi connectivity index (χ4n) is 5.52. The lowest BCUT2D eigenvalue weighted by molar-refractivity contribution is -0.122. The van der Waals surface area contributed by atoms with Gasteiger partial charge in [0.1, 0.15) is 0 Å². The fourth-order valence-corrected chi connectivity index (χ4v) is 5.52. The van der Waals surface area contributed by atoms with Crippen LogP contribution in [-0.2, 0) is 4.79 Å². The molecule has 0 saturated heterocycles. The summed E-state index contributed by atoms with van der Waals surface area (Å²) in [6.07, 6.45) is 7.18. The van der Waals surface area contributed by atoms with Crippen LogP contribution in [-0.4, -0.2) is 11.9 Å². The molecule has 1 amide bonds. The number of carbonyl (C=O) groups excluding carboxylic acids is 1. The zero-order chi connectivity index (χ0) is 15.1. The highest BCUT2D eigenvalue weighted by atomic mass is 16.1. The first kappa shape index (κ1) is 14.3. The molecule has 6 atom stereocenters. The second-order valence-electron chi connectivity index (χ2n) is 7.55. The highest BCUT2D eigenvalue weighted by Crippen LogP contribution is 2.58. The van der Waals surface area contributed by atoms with Crippen LogP contribution in [0.1, 0.15) is 50.1 Å². The predicted octanol–water partition coefficient (Wildman–Crippen LogP) is 3.02. The average molecular weight is 298 g/mol. The zero-order valence-corrected chi connectivity index (χ0v) is 13.1. The summed E-state index contributed by atoms with van der Waals surface area (Å²) in [5, 5.41) is 3.30. The van der Waals surface area contributed by atoms with Gasteiger partial charge in [0.05, 0.1) is 0 Å². The molecule has 4 rings (SSSR count). The van der Waals surface area contributed by atoms with Gasteiger partial charge in [0, 0.05) is 18.5 Å². The molecule has 3 aliphatic rings. The Bertz CT molecular complexity index is 544. The molecule has 3 saturated carbocycles. The summed E-state index contributed by atoms with van der Waals surface area (Å²) in [5.41, 5.74) is 7.21. The van der Waals surface area contributed by atoms with E-state index in [-0.39, 0.29) is 11.9 Å². The largest absolute Gasteiger partial charge is 0.353 e. The van der Waals surface area contributed by atoms with Gasteiger partial charge in [-0.15, -0.1) is 0 Å². The Hall–Kier alpha value is -1.35. The van der Waals surface area contributed by atoms with E-state index >= 15 is 0 Å². The van der Waals surface area contributed by atoms with E-state index in [4.69, 9.17) is 5.73 Å². The number of hydrogen-bond acceptors (Lipinski definition) is 2. The standard InChI is InChI=1S/C19H26N2O/c20-17(12-5-2-1-3-6-12)11-19(22)21-18-10-13-9-16(18)15-8-4-7-14(13)15/h1-3,5-6,13-18H,4,7-11,20H2,(H,21,22). The number of benzene rings is 1. The van der Waals surface area contributed by atoms with Gasteiger partial charge in [-0.2, -0.15) is 0 Å². The first-order valence-electron chi connectivity index (χ1n) is 8.82. The molecule has 3 heteroatoms. The SMILES string of the molecule is NC(CC(=O)NC1CC2CC1C1CCCC21)c1ccccc1. The van der Waals surface area contributed by atoms with Crippen LogP contribution in [0.15, 0.2) is 30.3 Å². The summed E-state index contributed by atoms with van der Waals surface area (Å²) >= 11 is 0. The van der Waals surface area contributed by atoms with Gasteiger partial charge in [0.2, 0.25) is 5.91 Å². The number of nitrogens with two attached hydrogens (primary N) is 1. The summed E-state index contributed by atoms with van der Waals surface area (Å²) in [7, 11) is 0. The van der Waals surface area contributed by atoms with Crippen LogP contribution < -0.4 is 11.1 Å². The van der Waals surface area contributed by atoms with Crippen molar-refractivity contribution < 1.29 is 4.79 Å². The van der Waals surface area contributed by atoms with Gasteiger partial charge < -0.3 is 11.1 Å². The lowest BCUT2D eigenvalue weighted by atomic mass is 9.79. The van der Waals surface area contributed by atoms with Crippen LogP contribution in [0.2, 0.25) is 0 Å². The first-order chi connectivity index (χ1) is 10.7. The van der Waals surface area contributed by atoms with Gasteiger partial charge in [-0.25, -0.2) is 0 Å². The summed E-state index contributed by atoms with van der Waals surface area (Å²) < 4.78 is 0. The van der Waals surface area contributed by atoms with Crippen LogP contribution in [0.25, 0.3) is 0 Å². The Morgan fingerprint density at radius 1 is 1.14 bits per heavy atom. The minimum atomic E-state index is -0.195. The van der Waals surface area contributed by atoms with Gasteiger partial charge in [-0.1, -0.05) is 36.8 Å². The molecule has 3 N–H and O–H groups in total. The molecule has 0 radical (unpaired) electrons. The van der Waals surface area contributed by atoms with Crippen molar-refractivity contribution in [3.8, 4) is 0 Å². The summed E-state index contributed by atoms with van der Waals surface area (Å²) in [6.45, 7) is 0. The first-order valence-corrected chi connectivity index (χ1v) is 8.82. The van der Waals surface area contributed by atoms with E-state index in [0.29, 0.717) is 12.5 Å². The highest BCUT2D eigenvalue weighted by molar-refractivity contribution is 5.77. The summed E-state index contributed by atoms with van der Waals surface area (Å²) in [4.78, 5) is 12.4. The Morgan fingerprint density at radius 3 is 2.73 bits per heavy atom. The lowest BCUT2D eigenvalue weighted by Gasteiger charge is -2.32. The molecule has 118 valence electrons. The third-order valence-electron chi connectivity index (χ3n) is 6.41. The number of fused-ring (bicyclic) bond motifs is 5. The molecule has 0 aliphatic heterocycles. The zero-order valence-electron chi connectivity index (χ0n) is 13.1. The Labute approximate surface area is 132 Å². The van der Waals surface area contributed by atoms with Gasteiger partial charge in [-0.05, 0) is 54.9 Å². The van der Waals surface area contributed by atoms with Crippen molar-refractivity contribution in [2.75, 3.05) is 0 Å². The molecule has 3 fully saturated rings. The Kier molecular flexibility index (Phi) is 3.69. The molecule has 3 nitrogen and oxygen atoms in total. The molecule has 2 bridgehead atoms. The minimum Gasteiger partial charge on any atom is -0.353 e. The van der Waals surface area contributed by atoms with Crippen LogP contribution >= 0.6 is 0 Å². The quantitative estimate of drug-likeness (QED) is 0.897. The van der Waals surface area contributed by atoms with E-state index in [1.807, 2.05) is 30.3 Å². The molecule has 1 aromatic rings. The lowest BCUT2D eigenvalue weighted by Crippen LogP contribution is -2.43. The van der Waals surface area contributed by atoms with Crippen molar-refractivity contribution in [2.45, 2.75) is 50.6 Å². The number of carbonyl (C=O) groups is 1. The van der Waals surface area contributed by atoms with Gasteiger partial charge >= 0.3 is 0 Å². The second kappa shape index (κ2) is 5.69. The number of rotatable bonds is 4. The van der Waals surface area contributed by atoms with Crippen LogP contribution in [0.4, 0.5) is 0 Å². The van der Waals surface area contributed by atoms with Crippen molar-refractivity contribution in [3.05, 3.63) is 35.9 Å². The molecule has 22 heavy (non-hydrogen) atoms. The van der Waals surface area contributed by atoms with Crippen LogP contribution in [0.3, 0.4) is 0 Å². The molecule has 3 aliphatic carbocycles. The van der Waals surface area contributed by atoms with Gasteiger partial charge in [0.15, 0.2) is 0 Å². The number of hydrogen-bond donors (Lipinski definition) is 2. The Morgan fingerprint density at radius 2 is 1.91 bits per heavy atom. The minimum absolute atomic E-state index is 0.128. The topological polar surface area (TPSA) is 55.1 Å². The molecule has 0 spiro atoms. The van der Waals surface area contributed by atoms with E-state index in [2.05, 4.69) is 5.32 Å². The normalized spacial score (nSPS) is 37.0. The Balaban J connectivity index is 1.33. The maximum atomic E-state index is 12.4. The van der Waals surface area contributed by atoms with Crippen molar-refractivity contribution in [1.29, 1.82) is 0 Å². The van der Waals surface area contributed by atoms with Crippen molar-refractivity contribution in [3.63, 3.8) is 0 Å². The molecule has 0 aromatic heterocycles. The average Bonchev–Trinajstić information content (AvgIpc) is 3.20. The van der Waals surface area contributed by atoms with E-state index in [0.717, 1.165) is 29.2 Å². The monoisotopic (exact) mass is 298 g/mol. The van der Waals surface area contributed by atoms with Gasteiger partial charge in [-0.3, -0.25) is 4.79 Å². The van der Waals surface area contributed by atoms with Crippen LogP contribution in [0, 0.1) is 23.7 Å².